The average molecular weight is 327 g/mol. The average Bonchev–Trinajstić information content (AvgIpc) is 2.93. The van der Waals surface area contributed by atoms with Gasteiger partial charge in [-0.1, -0.05) is 30.3 Å². The number of anilines is 1. The number of carboxylic acid groups (broad SMARTS) is 1. The standard InChI is InChI=1S/C19H18FNO3/c20-17-11-15(8-7-14(17)10-19(23)24)21-18(22)9-13-6-5-12-3-1-2-4-16(12)13/h1-4,7-8,11,13H,5-6,9-10H2,(H,21,22)(H,23,24). The minimum absolute atomic E-state index is 0.102. The van der Waals surface area contributed by atoms with Crippen LogP contribution in [0.1, 0.15) is 35.4 Å². The Morgan fingerprint density at radius 2 is 2.00 bits per heavy atom. The number of aliphatic carboxylic acids is 1. The van der Waals surface area contributed by atoms with Crippen LogP contribution in [0.15, 0.2) is 42.5 Å². The van der Waals surface area contributed by atoms with Crippen LogP contribution in [0.3, 0.4) is 0 Å². The maximum Gasteiger partial charge on any atom is 0.307 e. The molecule has 124 valence electrons. The number of hydrogen-bond acceptors (Lipinski definition) is 2. The first-order chi connectivity index (χ1) is 11.5. The Morgan fingerprint density at radius 3 is 2.75 bits per heavy atom. The molecule has 0 radical (unpaired) electrons. The van der Waals surface area contributed by atoms with Crippen molar-refractivity contribution >= 4 is 17.6 Å². The summed E-state index contributed by atoms with van der Waals surface area (Å²) in [4.78, 5) is 22.9. The Kier molecular flexibility index (Phi) is 4.60. The fourth-order valence-electron chi connectivity index (χ4n) is 3.22. The summed E-state index contributed by atoms with van der Waals surface area (Å²) in [6.07, 6.45) is 1.90. The Bertz CT molecular complexity index is 788. The molecule has 1 aliphatic rings. The molecule has 2 N–H and O–H groups in total. The number of amides is 1. The van der Waals surface area contributed by atoms with Crippen LogP contribution >= 0.6 is 0 Å². The summed E-state index contributed by atoms with van der Waals surface area (Å²) in [5.74, 6) is -1.69. The molecule has 0 saturated heterocycles. The monoisotopic (exact) mass is 327 g/mol. The van der Waals surface area contributed by atoms with Gasteiger partial charge < -0.3 is 10.4 Å². The highest BCUT2D eigenvalue weighted by Crippen LogP contribution is 2.35. The molecule has 2 aromatic carbocycles. The molecule has 5 heteroatoms. The number of rotatable bonds is 5. The zero-order chi connectivity index (χ0) is 17.1. The van der Waals surface area contributed by atoms with Gasteiger partial charge in [0.05, 0.1) is 6.42 Å². The van der Waals surface area contributed by atoms with Crippen molar-refractivity contribution in [1.82, 2.24) is 0 Å². The van der Waals surface area contributed by atoms with Gasteiger partial charge >= 0.3 is 5.97 Å². The van der Waals surface area contributed by atoms with Crippen LogP contribution in [-0.4, -0.2) is 17.0 Å². The first-order valence-electron chi connectivity index (χ1n) is 7.91. The molecule has 0 spiro atoms. The van der Waals surface area contributed by atoms with E-state index in [1.165, 1.54) is 29.3 Å². The lowest BCUT2D eigenvalue weighted by molar-refractivity contribution is -0.136. The van der Waals surface area contributed by atoms with Crippen molar-refractivity contribution in [3.05, 3.63) is 65.0 Å². The van der Waals surface area contributed by atoms with E-state index < -0.39 is 11.8 Å². The topological polar surface area (TPSA) is 66.4 Å². The lowest BCUT2D eigenvalue weighted by Crippen LogP contribution is -2.15. The summed E-state index contributed by atoms with van der Waals surface area (Å²) in [5.41, 5.74) is 2.96. The van der Waals surface area contributed by atoms with Gasteiger partial charge in [0.1, 0.15) is 5.82 Å². The fraction of sp³-hybridized carbons (Fsp3) is 0.263. The molecular weight excluding hydrogens is 309 g/mol. The molecule has 1 atom stereocenters. The van der Waals surface area contributed by atoms with E-state index in [9.17, 15) is 14.0 Å². The maximum atomic E-state index is 13.8. The third-order valence-corrected chi connectivity index (χ3v) is 4.37. The van der Waals surface area contributed by atoms with Gasteiger partial charge in [-0.05, 0) is 47.6 Å². The normalized spacial score (nSPS) is 15.8. The second kappa shape index (κ2) is 6.83. The zero-order valence-electron chi connectivity index (χ0n) is 13.1. The van der Waals surface area contributed by atoms with Crippen LogP contribution in [0.5, 0.6) is 0 Å². The van der Waals surface area contributed by atoms with E-state index in [4.69, 9.17) is 5.11 Å². The smallest absolute Gasteiger partial charge is 0.307 e. The number of benzene rings is 2. The molecule has 1 unspecified atom stereocenters. The SMILES string of the molecule is O=C(O)Cc1ccc(NC(=O)CC2CCc3ccccc32)cc1F. The highest BCUT2D eigenvalue weighted by molar-refractivity contribution is 5.91. The summed E-state index contributed by atoms with van der Waals surface area (Å²) in [5, 5.41) is 11.4. The lowest BCUT2D eigenvalue weighted by Gasteiger charge is -2.12. The zero-order valence-corrected chi connectivity index (χ0v) is 13.1. The molecule has 0 saturated carbocycles. The van der Waals surface area contributed by atoms with Gasteiger partial charge in [-0.25, -0.2) is 4.39 Å². The first-order valence-corrected chi connectivity index (χ1v) is 7.91. The predicted molar refractivity (Wildman–Crippen MR) is 88.5 cm³/mol. The van der Waals surface area contributed by atoms with Crippen molar-refractivity contribution in [2.75, 3.05) is 5.32 Å². The van der Waals surface area contributed by atoms with E-state index in [0.29, 0.717) is 12.1 Å². The summed E-state index contributed by atoms with van der Waals surface area (Å²) >= 11 is 0. The minimum atomic E-state index is -1.09. The maximum absolute atomic E-state index is 13.8. The highest BCUT2D eigenvalue weighted by Gasteiger charge is 2.24. The molecular formula is C19H18FNO3. The van der Waals surface area contributed by atoms with E-state index in [1.54, 1.807) is 0 Å². The van der Waals surface area contributed by atoms with E-state index >= 15 is 0 Å². The number of fused-ring (bicyclic) bond motifs is 1. The van der Waals surface area contributed by atoms with Gasteiger partial charge in [0.2, 0.25) is 5.91 Å². The third kappa shape index (κ3) is 3.62. The van der Waals surface area contributed by atoms with Gasteiger partial charge in [0, 0.05) is 12.1 Å². The van der Waals surface area contributed by atoms with Crippen molar-refractivity contribution < 1.29 is 19.1 Å². The molecule has 0 bridgehead atoms. The van der Waals surface area contributed by atoms with Gasteiger partial charge in [0.25, 0.3) is 0 Å². The summed E-state index contributed by atoms with van der Waals surface area (Å²) in [6.45, 7) is 0. The van der Waals surface area contributed by atoms with Crippen molar-refractivity contribution in [2.45, 2.75) is 31.6 Å². The summed E-state index contributed by atoms with van der Waals surface area (Å²) < 4.78 is 13.8. The van der Waals surface area contributed by atoms with Crippen molar-refractivity contribution in [3.63, 3.8) is 0 Å². The van der Waals surface area contributed by atoms with Gasteiger partial charge in [0.15, 0.2) is 0 Å². The molecule has 0 aliphatic heterocycles. The number of carboxylic acids is 1. The predicted octanol–water partition coefficient (Wildman–Crippen LogP) is 3.51. The first kappa shape index (κ1) is 16.2. The molecule has 3 rings (SSSR count). The quantitative estimate of drug-likeness (QED) is 0.883. The Morgan fingerprint density at radius 1 is 1.21 bits per heavy atom. The van der Waals surface area contributed by atoms with Crippen LogP contribution in [0.25, 0.3) is 0 Å². The number of halogens is 1. The summed E-state index contributed by atoms with van der Waals surface area (Å²) in [6, 6.07) is 12.2. The lowest BCUT2D eigenvalue weighted by atomic mass is 9.97. The van der Waals surface area contributed by atoms with Crippen LogP contribution in [0.2, 0.25) is 0 Å². The number of nitrogens with one attached hydrogen (secondary N) is 1. The molecule has 2 aromatic rings. The minimum Gasteiger partial charge on any atom is -0.481 e. The molecule has 4 nitrogen and oxygen atoms in total. The summed E-state index contributed by atoms with van der Waals surface area (Å²) in [7, 11) is 0. The third-order valence-electron chi connectivity index (χ3n) is 4.37. The van der Waals surface area contributed by atoms with E-state index in [2.05, 4.69) is 17.4 Å². The van der Waals surface area contributed by atoms with Gasteiger partial charge in [-0.15, -0.1) is 0 Å². The Hall–Kier alpha value is -2.69. The number of aryl methyl sites for hydroxylation is 1. The Balaban J connectivity index is 1.63. The van der Waals surface area contributed by atoms with Crippen LogP contribution in [-0.2, 0) is 22.4 Å². The number of hydrogen-bond donors (Lipinski definition) is 2. The van der Waals surface area contributed by atoms with E-state index in [0.717, 1.165) is 12.8 Å². The Labute approximate surface area is 139 Å². The number of carbonyl (C=O) groups is 2. The van der Waals surface area contributed by atoms with Crippen molar-refractivity contribution in [2.24, 2.45) is 0 Å². The largest absolute Gasteiger partial charge is 0.481 e. The molecule has 0 fully saturated rings. The molecule has 0 aromatic heterocycles. The van der Waals surface area contributed by atoms with Gasteiger partial charge in [-0.3, -0.25) is 9.59 Å². The van der Waals surface area contributed by atoms with Crippen LogP contribution < -0.4 is 5.32 Å². The second-order valence-corrected chi connectivity index (χ2v) is 6.06. The number of carbonyl (C=O) groups excluding carboxylic acids is 1. The van der Waals surface area contributed by atoms with Gasteiger partial charge in [-0.2, -0.15) is 0 Å². The van der Waals surface area contributed by atoms with Crippen LogP contribution in [0, 0.1) is 5.82 Å². The van der Waals surface area contributed by atoms with Crippen molar-refractivity contribution in [1.29, 1.82) is 0 Å². The highest BCUT2D eigenvalue weighted by atomic mass is 19.1. The van der Waals surface area contributed by atoms with E-state index in [1.807, 2.05) is 12.1 Å². The van der Waals surface area contributed by atoms with Crippen molar-refractivity contribution in [3.8, 4) is 0 Å². The fourth-order valence-corrected chi connectivity index (χ4v) is 3.22. The molecule has 24 heavy (non-hydrogen) atoms. The molecule has 1 aliphatic carbocycles. The van der Waals surface area contributed by atoms with Crippen LogP contribution in [0.4, 0.5) is 10.1 Å². The molecule has 0 heterocycles. The van der Waals surface area contributed by atoms with E-state index in [-0.39, 0.29) is 23.8 Å². The second-order valence-electron chi connectivity index (χ2n) is 6.06. The molecule has 1 amide bonds.